The Kier molecular flexibility index (Phi) is 9.42. The van der Waals surface area contributed by atoms with Crippen molar-refractivity contribution < 1.29 is 28.2 Å². The molecule has 2 aliphatic rings. The summed E-state index contributed by atoms with van der Waals surface area (Å²) in [5, 5.41) is 27.6. The van der Waals surface area contributed by atoms with Crippen molar-refractivity contribution in [3.05, 3.63) is 94.8 Å². The lowest BCUT2D eigenvalue weighted by Crippen LogP contribution is -2.38. The van der Waals surface area contributed by atoms with Crippen LogP contribution in [0.25, 0.3) is 16.6 Å². The number of ether oxygens (including phenoxy) is 2. The Morgan fingerprint density at radius 2 is 1.90 bits per heavy atom. The van der Waals surface area contributed by atoms with Crippen molar-refractivity contribution in [3.63, 3.8) is 0 Å². The molecule has 6 rings (SSSR count). The highest BCUT2D eigenvalue weighted by Crippen LogP contribution is 2.50. The van der Waals surface area contributed by atoms with Crippen molar-refractivity contribution in [2.24, 2.45) is 5.41 Å². The maximum atomic E-state index is 15.4. The third kappa shape index (κ3) is 7.48. The summed E-state index contributed by atoms with van der Waals surface area (Å²) in [6, 6.07) is 18.9. The Labute approximate surface area is 277 Å². The highest BCUT2D eigenvalue weighted by molar-refractivity contribution is 5.91. The van der Waals surface area contributed by atoms with E-state index < -0.39 is 17.6 Å². The van der Waals surface area contributed by atoms with E-state index >= 15 is 4.39 Å². The number of imidazole rings is 1. The summed E-state index contributed by atoms with van der Waals surface area (Å²) in [5.74, 6) is -0.702. The third-order valence-electron chi connectivity index (χ3n) is 9.14. The van der Waals surface area contributed by atoms with Gasteiger partial charge in [-0.1, -0.05) is 12.1 Å². The molecule has 246 valence electrons. The number of carboxylic acids is 1. The molecular weight excluding hydrogens is 616 g/mol. The fraction of sp³-hybridized carbons (Fsp3) is 0.351. The normalized spacial score (nSPS) is 16.3. The standard InChI is InChI=1S/C37H35F2N5O4/c1-24(15-35(45)46)27-18-31(39)36-32(19-27)44(23-37(9-10-37)11-12-40)34(42-36)21-43-13-7-28(8-14-43)48-29-4-2-3-26(16-29)22-47-33-6-5-25(20-41)17-30(33)38/h2-6,15-19,28H,7-11,13-14,21-23H2,1H3,(H,45,46)/b24-15+. The smallest absolute Gasteiger partial charge is 0.328 e. The van der Waals surface area contributed by atoms with Gasteiger partial charge in [0.25, 0.3) is 0 Å². The molecule has 1 saturated carbocycles. The maximum Gasteiger partial charge on any atom is 0.328 e. The molecule has 1 aromatic heterocycles. The minimum absolute atomic E-state index is 0.0124. The number of hydrogen-bond acceptors (Lipinski definition) is 7. The van der Waals surface area contributed by atoms with Crippen LogP contribution in [0.2, 0.25) is 0 Å². The van der Waals surface area contributed by atoms with Gasteiger partial charge in [-0.3, -0.25) is 4.90 Å². The van der Waals surface area contributed by atoms with Crippen LogP contribution in [-0.2, 0) is 24.5 Å². The molecule has 4 aromatic rings. The highest BCUT2D eigenvalue weighted by atomic mass is 19.1. The Morgan fingerprint density at radius 3 is 2.58 bits per heavy atom. The number of aliphatic carboxylic acids is 1. The summed E-state index contributed by atoms with van der Waals surface area (Å²) in [6.07, 6.45) is 4.84. The van der Waals surface area contributed by atoms with E-state index in [-0.39, 0.29) is 35.0 Å². The van der Waals surface area contributed by atoms with Crippen LogP contribution in [0, 0.1) is 39.7 Å². The fourth-order valence-electron chi connectivity index (χ4n) is 6.23. The molecule has 2 heterocycles. The summed E-state index contributed by atoms with van der Waals surface area (Å²) < 4.78 is 43.6. The zero-order valence-electron chi connectivity index (χ0n) is 26.6. The van der Waals surface area contributed by atoms with Crippen LogP contribution in [0.5, 0.6) is 11.5 Å². The quantitative estimate of drug-likeness (QED) is 0.163. The second-order valence-corrected chi connectivity index (χ2v) is 12.7. The number of rotatable bonds is 12. The topological polar surface area (TPSA) is 124 Å². The molecule has 11 heteroatoms. The van der Waals surface area contributed by atoms with Crippen molar-refractivity contribution in [1.82, 2.24) is 14.5 Å². The van der Waals surface area contributed by atoms with Crippen LogP contribution in [0.15, 0.2) is 60.7 Å². The van der Waals surface area contributed by atoms with Crippen LogP contribution in [0.1, 0.15) is 61.5 Å². The zero-order chi connectivity index (χ0) is 33.8. The number of carboxylic acid groups (broad SMARTS) is 1. The van der Waals surface area contributed by atoms with Gasteiger partial charge in [0.15, 0.2) is 17.4 Å². The third-order valence-corrected chi connectivity index (χ3v) is 9.14. The number of halogens is 2. The minimum atomic E-state index is -1.10. The molecule has 9 nitrogen and oxygen atoms in total. The fourth-order valence-corrected chi connectivity index (χ4v) is 6.23. The number of nitriles is 2. The van der Waals surface area contributed by atoms with E-state index in [4.69, 9.17) is 19.7 Å². The average molecular weight is 652 g/mol. The Hall–Kier alpha value is -5.26. The molecule has 0 atom stereocenters. The molecule has 1 N–H and O–H groups in total. The lowest BCUT2D eigenvalue weighted by atomic mass is 10.0. The van der Waals surface area contributed by atoms with E-state index in [9.17, 15) is 19.6 Å². The zero-order valence-corrected chi connectivity index (χ0v) is 26.6. The first-order valence-corrected chi connectivity index (χ1v) is 15.9. The van der Waals surface area contributed by atoms with E-state index in [0.717, 1.165) is 62.3 Å². The highest BCUT2D eigenvalue weighted by Gasteiger charge is 2.43. The molecule has 0 amide bonds. The van der Waals surface area contributed by atoms with Crippen molar-refractivity contribution >= 4 is 22.6 Å². The van der Waals surface area contributed by atoms with E-state index in [1.165, 1.54) is 18.2 Å². The number of piperidine rings is 1. The van der Waals surface area contributed by atoms with E-state index in [2.05, 4.69) is 11.0 Å². The van der Waals surface area contributed by atoms with Gasteiger partial charge in [0.2, 0.25) is 0 Å². The van der Waals surface area contributed by atoms with Gasteiger partial charge >= 0.3 is 5.97 Å². The summed E-state index contributed by atoms with van der Waals surface area (Å²) in [7, 11) is 0. The van der Waals surface area contributed by atoms with Gasteiger partial charge in [-0.25, -0.2) is 18.6 Å². The molecule has 1 saturated heterocycles. The molecule has 3 aromatic carbocycles. The van der Waals surface area contributed by atoms with Crippen molar-refractivity contribution in [2.45, 2.75) is 64.8 Å². The van der Waals surface area contributed by atoms with Crippen LogP contribution < -0.4 is 9.47 Å². The van der Waals surface area contributed by atoms with Crippen LogP contribution >= 0.6 is 0 Å². The second-order valence-electron chi connectivity index (χ2n) is 12.7. The number of carbonyl (C=O) groups is 1. The van der Waals surface area contributed by atoms with Gasteiger partial charge in [-0.2, -0.15) is 10.5 Å². The van der Waals surface area contributed by atoms with Gasteiger partial charge < -0.3 is 19.1 Å². The van der Waals surface area contributed by atoms with Gasteiger partial charge in [0.1, 0.15) is 29.8 Å². The molecule has 1 aliphatic carbocycles. The number of aromatic nitrogens is 2. The van der Waals surface area contributed by atoms with Crippen LogP contribution in [0.3, 0.4) is 0 Å². The number of allylic oxidation sites excluding steroid dienone is 1. The van der Waals surface area contributed by atoms with Crippen LogP contribution in [-0.4, -0.2) is 44.7 Å². The first-order valence-electron chi connectivity index (χ1n) is 15.9. The molecule has 2 fully saturated rings. The maximum absolute atomic E-state index is 15.4. The van der Waals surface area contributed by atoms with Gasteiger partial charge in [0, 0.05) is 37.5 Å². The van der Waals surface area contributed by atoms with E-state index in [0.29, 0.717) is 41.9 Å². The first-order chi connectivity index (χ1) is 23.1. The monoisotopic (exact) mass is 651 g/mol. The number of benzene rings is 3. The summed E-state index contributed by atoms with van der Waals surface area (Å²) in [6.45, 7) is 4.32. The molecule has 0 unspecified atom stereocenters. The predicted octanol–water partition coefficient (Wildman–Crippen LogP) is 6.99. The van der Waals surface area contributed by atoms with Crippen molar-refractivity contribution in [3.8, 4) is 23.6 Å². The number of likely N-dealkylation sites (tertiary alicyclic amines) is 1. The number of nitrogens with zero attached hydrogens (tertiary/aromatic N) is 5. The summed E-state index contributed by atoms with van der Waals surface area (Å²) in [5.41, 5.74) is 2.66. The largest absolute Gasteiger partial charge is 0.490 e. The summed E-state index contributed by atoms with van der Waals surface area (Å²) >= 11 is 0. The average Bonchev–Trinajstić information content (AvgIpc) is 3.74. The van der Waals surface area contributed by atoms with E-state index in [1.807, 2.05) is 34.9 Å². The molecule has 0 bridgehead atoms. The molecule has 48 heavy (non-hydrogen) atoms. The molecule has 0 spiro atoms. The van der Waals surface area contributed by atoms with Gasteiger partial charge in [0.05, 0.1) is 29.8 Å². The lowest BCUT2D eigenvalue weighted by molar-refractivity contribution is -0.131. The van der Waals surface area contributed by atoms with Gasteiger partial charge in [-0.15, -0.1) is 0 Å². The van der Waals surface area contributed by atoms with Crippen molar-refractivity contribution in [2.75, 3.05) is 13.1 Å². The van der Waals surface area contributed by atoms with Crippen LogP contribution in [0.4, 0.5) is 8.78 Å². The second kappa shape index (κ2) is 13.8. The Morgan fingerprint density at radius 1 is 1.10 bits per heavy atom. The lowest BCUT2D eigenvalue weighted by Gasteiger charge is -2.32. The first kappa shape index (κ1) is 32.7. The summed E-state index contributed by atoms with van der Waals surface area (Å²) in [4.78, 5) is 18.3. The SMILES string of the molecule is C/C(=C\C(=O)O)c1cc(F)c2nc(CN3CCC(Oc4cccc(COc5ccc(C#N)cc5F)c4)CC3)n(CC3(CC#N)CC3)c2c1. The molecule has 0 radical (unpaired) electrons. The van der Waals surface area contributed by atoms with Gasteiger partial charge in [-0.05, 0) is 91.8 Å². The minimum Gasteiger partial charge on any atom is -0.490 e. The molecule has 1 aliphatic heterocycles. The Balaban J connectivity index is 1.12. The van der Waals surface area contributed by atoms with E-state index in [1.54, 1.807) is 13.0 Å². The number of hydrogen-bond donors (Lipinski definition) is 1. The number of fused-ring (bicyclic) bond motifs is 1. The van der Waals surface area contributed by atoms with Crippen molar-refractivity contribution in [1.29, 1.82) is 10.5 Å². The molecular formula is C37H35F2N5O4. The predicted molar refractivity (Wildman–Crippen MR) is 174 cm³/mol. The Bertz CT molecular complexity index is 1960.